The molecule has 0 N–H and O–H groups in total. The highest BCUT2D eigenvalue weighted by Gasteiger charge is 2.34. The van der Waals surface area contributed by atoms with E-state index in [2.05, 4.69) is 14.5 Å². The van der Waals surface area contributed by atoms with E-state index < -0.39 is 5.60 Å². The Morgan fingerprint density at radius 1 is 1.58 bits per heavy atom. The Morgan fingerprint density at radius 2 is 2.32 bits per heavy atom. The van der Waals surface area contributed by atoms with E-state index in [0.717, 1.165) is 25.1 Å². The molecule has 0 saturated carbocycles. The van der Waals surface area contributed by atoms with E-state index in [-0.39, 0.29) is 12.0 Å². The fourth-order valence-corrected chi connectivity index (χ4v) is 2.75. The molecule has 0 spiro atoms. The number of hydrogen-bond donors (Lipinski definition) is 0. The van der Waals surface area contributed by atoms with E-state index in [4.69, 9.17) is 16.3 Å². The van der Waals surface area contributed by atoms with Crippen molar-refractivity contribution in [1.29, 1.82) is 0 Å². The molecule has 2 heterocycles. The summed E-state index contributed by atoms with van der Waals surface area (Å²) >= 11 is 7.17. The third-order valence-electron chi connectivity index (χ3n) is 2.90. The van der Waals surface area contributed by atoms with Crippen molar-refractivity contribution in [2.45, 2.75) is 51.8 Å². The molecular weight excluding hydrogens is 286 g/mol. The van der Waals surface area contributed by atoms with Gasteiger partial charge in [-0.2, -0.15) is 0 Å². The van der Waals surface area contributed by atoms with Gasteiger partial charge < -0.3 is 4.74 Å². The lowest BCUT2D eigenvalue weighted by atomic mass is 10.1. The zero-order valence-corrected chi connectivity index (χ0v) is 12.9. The van der Waals surface area contributed by atoms with E-state index in [9.17, 15) is 4.79 Å². The van der Waals surface area contributed by atoms with Crippen molar-refractivity contribution in [3.8, 4) is 0 Å². The van der Waals surface area contributed by atoms with Crippen molar-refractivity contribution < 1.29 is 9.53 Å². The maximum absolute atomic E-state index is 12.2. The molecule has 1 aromatic rings. The number of aromatic nitrogens is 2. The molecule has 1 atom stereocenters. The molecule has 1 aliphatic heterocycles. The van der Waals surface area contributed by atoms with Crippen LogP contribution >= 0.6 is 23.1 Å². The number of carbonyl (C=O) groups is 1. The smallest absolute Gasteiger partial charge is 0.323 e. The molecule has 2 rings (SSSR count). The molecule has 1 aliphatic rings. The summed E-state index contributed by atoms with van der Waals surface area (Å²) in [7, 11) is 0. The highest BCUT2D eigenvalue weighted by atomic mass is 35.5. The first-order valence-corrected chi connectivity index (χ1v) is 7.45. The molecule has 19 heavy (non-hydrogen) atoms. The Hall–Kier alpha value is -0.720. The SMILES string of the molecule is CC(C)(C)OC(=O)[C@H]1CCCN1Cc1nnsc1Cl. The molecule has 0 aromatic carbocycles. The molecule has 0 aliphatic carbocycles. The van der Waals surface area contributed by atoms with Crippen LogP contribution in [0.5, 0.6) is 0 Å². The first kappa shape index (κ1) is 14.7. The van der Waals surface area contributed by atoms with Crippen molar-refractivity contribution in [3.63, 3.8) is 0 Å². The van der Waals surface area contributed by atoms with Crippen LogP contribution in [0, 0.1) is 0 Å². The lowest BCUT2D eigenvalue weighted by Crippen LogP contribution is -2.40. The van der Waals surface area contributed by atoms with Crippen LogP contribution in [0.2, 0.25) is 4.34 Å². The number of rotatable bonds is 3. The van der Waals surface area contributed by atoms with Gasteiger partial charge in [0.25, 0.3) is 0 Å². The Bertz CT molecular complexity index is 458. The van der Waals surface area contributed by atoms with Crippen LogP contribution < -0.4 is 0 Å². The van der Waals surface area contributed by atoms with Crippen LogP contribution in [-0.2, 0) is 16.1 Å². The molecule has 0 radical (unpaired) electrons. The number of ether oxygens (including phenoxy) is 1. The molecule has 1 fully saturated rings. The van der Waals surface area contributed by atoms with Gasteiger partial charge in [0.15, 0.2) is 0 Å². The second kappa shape index (κ2) is 5.73. The van der Waals surface area contributed by atoms with Gasteiger partial charge in [0.2, 0.25) is 0 Å². The molecule has 7 heteroatoms. The number of hydrogen-bond acceptors (Lipinski definition) is 6. The zero-order valence-electron chi connectivity index (χ0n) is 11.4. The Morgan fingerprint density at radius 3 is 2.89 bits per heavy atom. The number of halogens is 1. The topological polar surface area (TPSA) is 55.3 Å². The van der Waals surface area contributed by atoms with E-state index in [0.29, 0.717) is 10.9 Å². The fraction of sp³-hybridized carbons (Fsp3) is 0.750. The second-order valence-corrected chi connectivity index (χ2v) is 7.01. The maximum atomic E-state index is 12.2. The monoisotopic (exact) mass is 303 g/mol. The molecule has 0 unspecified atom stereocenters. The van der Waals surface area contributed by atoms with Crippen molar-refractivity contribution in [2.75, 3.05) is 6.54 Å². The number of likely N-dealkylation sites (tertiary alicyclic amines) is 1. The molecule has 106 valence electrons. The van der Waals surface area contributed by atoms with Gasteiger partial charge in [-0.3, -0.25) is 9.69 Å². The van der Waals surface area contributed by atoms with E-state index >= 15 is 0 Å². The summed E-state index contributed by atoms with van der Waals surface area (Å²) in [4.78, 5) is 14.2. The van der Waals surface area contributed by atoms with E-state index in [1.807, 2.05) is 20.8 Å². The molecule has 5 nitrogen and oxygen atoms in total. The predicted molar refractivity (Wildman–Crippen MR) is 74.2 cm³/mol. The van der Waals surface area contributed by atoms with E-state index in [1.165, 1.54) is 11.5 Å². The summed E-state index contributed by atoms with van der Waals surface area (Å²) in [5, 5.41) is 3.99. The fourth-order valence-electron chi connectivity index (χ4n) is 2.14. The molecule has 0 amide bonds. The van der Waals surface area contributed by atoms with Crippen LogP contribution in [0.1, 0.15) is 39.3 Å². The third-order valence-corrected chi connectivity index (χ3v) is 3.89. The average molecular weight is 304 g/mol. The Kier molecular flexibility index (Phi) is 4.43. The zero-order chi connectivity index (χ0) is 14.0. The summed E-state index contributed by atoms with van der Waals surface area (Å²) in [6.07, 6.45) is 1.81. The summed E-state index contributed by atoms with van der Waals surface area (Å²) in [6, 6.07) is -0.197. The summed E-state index contributed by atoms with van der Waals surface area (Å²) in [5.74, 6) is -0.163. The first-order valence-electron chi connectivity index (χ1n) is 6.30. The Balaban J connectivity index is 2.01. The number of nitrogens with zero attached hydrogens (tertiary/aromatic N) is 3. The third kappa shape index (κ3) is 3.87. The lowest BCUT2D eigenvalue weighted by molar-refractivity contribution is -0.160. The highest BCUT2D eigenvalue weighted by Crippen LogP contribution is 2.25. The molecule has 0 bridgehead atoms. The van der Waals surface area contributed by atoms with Gasteiger partial charge >= 0.3 is 5.97 Å². The largest absolute Gasteiger partial charge is 0.459 e. The molecule has 1 aromatic heterocycles. The van der Waals surface area contributed by atoms with Gasteiger partial charge in [0.1, 0.15) is 21.7 Å². The normalized spacial score (nSPS) is 20.7. The summed E-state index contributed by atoms with van der Waals surface area (Å²) in [5.41, 5.74) is 0.285. The lowest BCUT2D eigenvalue weighted by Gasteiger charge is -2.26. The number of esters is 1. The van der Waals surface area contributed by atoms with Gasteiger partial charge in [-0.1, -0.05) is 16.1 Å². The minimum Gasteiger partial charge on any atom is -0.459 e. The van der Waals surface area contributed by atoms with Crippen molar-refractivity contribution in [1.82, 2.24) is 14.5 Å². The second-order valence-electron chi connectivity index (χ2n) is 5.66. The molecular formula is C12H18ClN3O2S. The average Bonchev–Trinajstić information content (AvgIpc) is 2.87. The van der Waals surface area contributed by atoms with Gasteiger partial charge in [0.05, 0.1) is 0 Å². The first-order chi connectivity index (χ1) is 8.87. The van der Waals surface area contributed by atoms with Crippen LogP contribution in [0.25, 0.3) is 0 Å². The van der Waals surface area contributed by atoms with Crippen LogP contribution in [0.4, 0.5) is 0 Å². The molecule has 1 saturated heterocycles. The van der Waals surface area contributed by atoms with Crippen molar-refractivity contribution in [3.05, 3.63) is 10.0 Å². The maximum Gasteiger partial charge on any atom is 0.323 e. The quantitative estimate of drug-likeness (QED) is 0.803. The van der Waals surface area contributed by atoms with Gasteiger partial charge in [0, 0.05) is 18.1 Å². The highest BCUT2D eigenvalue weighted by molar-refractivity contribution is 7.10. The van der Waals surface area contributed by atoms with Gasteiger partial charge in [-0.05, 0) is 40.2 Å². The van der Waals surface area contributed by atoms with Gasteiger partial charge in [-0.15, -0.1) is 5.10 Å². The van der Waals surface area contributed by atoms with Crippen molar-refractivity contribution >= 4 is 29.1 Å². The minimum atomic E-state index is -0.453. The van der Waals surface area contributed by atoms with Crippen LogP contribution in [0.3, 0.4) is 0 Å². The van der Waals surface area contributed by atoms with Crippen LogP contribution in [0.15, 0.2) is 0 Å². The van der Waals surface area contributed by atoms with Gasteiger partial charge in [-0.25, -0.2) is 0 Å². The van der Waals surface area contributed by atoms with Crippen molar-refractivity contribution in [2.24, 2.45) is 0 Å². The summed E-state index contributed by atoms with van der Waals surface area (Å²) in [6.45, 7) is 7.05. The Labute approximate surface area is 122 Å². The predicted octanol–water partition coefficient (Wildman–Crippen LogP) is 2.50. The van der Waals surface area contributed by atoms with E-state index in [1.54, 1.807) is 0 Å². The minimum absolute atomic E-state index is 0.163. The number of carbonyl (C=O) groups excluding carboxylic acids is 1. The standard InChI is InChI=1S/C12H18ClN3O2S/c1-12(2,3)18-11(17)9-5-4-6-16(9)7-8-10(13)19-15-14-8/h9H,4-7H2,1-3H3/t9-/m1/s1. The summed E-state index contributed by atoms with van der Waals surface area (Å²) < 4.78 is 9.86. The van der Waals surface area contributed by atoms with Crippen LogP contribution in [-0.4, -0.2) is 38.6 Å².